The summed E-state index contributed by atoms with van der Waals surface area (Å²) in [5.74, 6) is 1.10. The highest BCUT2D eigenvalue weighted by molar-refractivity contribution is 8.00. The number of methoxy groups -OCH3 is 1. The van der Waals surface area contributed by atoms with E-state index >= 15 is 0 Å². The Morgan fingerprint density at radius 3 is 2.78 bits per heavy atom. The van der Waals surface area contributed by atoms with Crippen molar-refractivity contribution in [2.24, 2.45) is 0 Å². The number of halogens is 1. The van der Waals surface area contributed by atoms with Gasteiger partial charge in [-0.25, -0.2) is 0 Å². The fraction of sp³-hybridized carbons (Fsp3) is 0.348. The van der Waals surface area contributed by atoms with Crippen LogP contribution in [0.25, 0.3) is 11.4 Å². The van der Waals surface area contributed by atoms with E-state index in [2.05, 4.69) is 23.2 Å². The highest BCUT2D eigenvalue weighted by Crippen LogP contribution is 2.37. The van der Waals surface area contributed by atoms with Crippen LogP contribution in [0.4, 0.5) is 5.69 Å². The molecule has 32 heavy (non-hydrogen) atoms. The van der Waals surface area contributed by atoms with Crippen molar-refractivity contribution in [1.82, 2.24) is 14.8 Å². The first-order valence-electron chi connectivity index (χ1n) is 10.4. The molecule has 0 N–H and O–H groups in total. The Morgan fingerprint density at radius 1 is 1.22 bits per heavy atom. The second kappa shape index (κ2) is 10.7. The Kier molecular flexibility index (Phi) is 7.78. The molecule has 1 aliphatic rings. The third kappa shape index (κ3) is 5.31. The lowest BCUT2D eigenvalue weighted by molar-refractivity contribution is -0.116. The van der Waals surface area contributed by atoms with Gasteiger partial charge in [0.15, 0.2) is 11.0 Å². The van der Waals surface area contributed by atoms with E-state index in [9.17, 15) is 4.79 Å². The minimum Gasteiger partial charge on any atom is -0.383 e. The number of fused-ring (bicyclic) bond motifs is 1. The van der Waals surface area contributed by atoms with Crippen molar-refractivity contribution in [2.75, 3.05) is 30.9 Å². The summed E-state index contributed by atoms with van der Waals surface area (Å²) in [5.41, 5.74) is 1.92. The third-order valence-corrected chi connectivity index (χ3v) is 7.65. The zero-order chi connectivity index (χ0) is 22.5. The molecule has 1 amide bonds. The maximum Gasteiger partial charge on any atom is 0.237 e. The smallest absolute Gasteiger partial charge is 0.237 e. The number of hydrogen-bond donors (Lipinski definition) is 0. The Bertz CT molecular complexity index is 1070. The third-order valence-electron chi connectivity index (χ3n) is 5.21. The SMILES string of the molecule is COCCn1c(SCC(=O)N2CC[C@H](C)Sc3ccccc32)nnc1-c1ccc(Cl)cc1. The van der Waals surface area contributed by atoms with Gasteiger partial charge in [0.2, 0.25) is 5.91 Å². The van der Waals surface area contributed by atoms with E-state index in [4.69, 9.17) is 16.3 Å². The summed E-state index contributed by atoms with van der Waals surface area (Å²) in [5, 5.41) is 10.6. The number of nitrogens with zero attached hydrogens (tertiary/aromatic N) is 4. The molecule has 1 atom stereocenters. The summed E-state index contributed by atoms with van der Waals surface area (Å²) in [4.78, 5) is 16.3. The normalized spacial score (nSPS) is 16.0. The van der Waals surface area contributed by atoms with Gasteiger partial charge in [-0.05, 0) is 42.8 Å². The first kappa shape index (κ1) is 23.2. The minimum atomic E-state index is 0.0754. The quantitative estimate of drug-likeness (QED) is 0.423. The van der Waals surface area contributed by atoms with Crippen LogP contribution >= 0.6 is 35.1 Å². The Hall–Kier alpha value is -2.00. The van der Waals surface area contributed by atoms with E-state index in [1.807, 2.05) is 63.7 Å². The van der Waals surface area contributed by atoms with Crippen LogP contribution in [-0.4, -0.2) is 51.9 Å². The number of benzene rings is 2. The standard InChI is InChI=1S/C23H25ClN4O2S2/c1-16-11-12-27(19-5-3-4-6-20(19)32-16)21(29)15-31-23-26-25-22(28(23)13-14-30-2)17-7-9-18(24)10-8-17/h3-10,16H,11-15H2,1-2H3/t16-/m0/s1. The summed E-state index contributed by atoms with van der Waals surface area (Å²) < 4.78 is 7.28. The van der Waals surface area contributed by atoms with Gasteiger partial charge < -0.3 is 9.64 Å². The van der Waals surface area contributed by atoms with E-state index in [-0.39, 0.29) is 5.91 Å². The maximum atomic E-state index is 13.2. The van der Waals surface area contributed by atoms with Gasteiger partial charge in [0, 0.05) is 34.4 Å². The van der Waals surface area contributed by atoms with Crippen LogP contribution in [0, 0.1) is 0 Å². The molecule has 2 aromatic carbocycles. The van der Waals surface area contributed by atoms with Crippen molar-refractivity contribution in [3.8, 4) is 11.4 Å². The van der Waals surface area contributed by atoms with Gasteiger partial charge in [0.05, 0.1) is 24.6 Å². The topological polar surface area (TPSA) is 60.2 Å². The van der Waals surface area contributed by atoms with Crippen molar-refractivity contribution < 1.29 is 9.53 Å². The molecule has 1 aromatic heterocycles. The van der Waals surface area contributed by atoms with Crippen LogP contribution in [0.5, 0.6) is 0 Å². The van der Waals surface area contributed by atoms with Gasteiger partial charge in [-0.3, -0.25) is 9.36 Å². The summed E-state index contributed by atoms with van der Waals surface area (Å²) >= 11 is 9.27. The first-order valence-corrected chi connectivity index (χ1v) is 12.7. The van der Waals surface area contributed by atoms with Gasteiger partial charge in [0.25, 0.3) is 0 Å². The van der Waals surface area contributed by atoms with Crippen LogP contribution in [0.2, 0.25) is 5.02 Å². The molecule has 6 nitrogen and oxygen atoms in total. The van der Waals surface area contributed by atoms with Crippen LogP contribution in [-0.2, 0) is 16.1 Å². The Morgan fingerprint density at radius 2 is 2.00 bits per heavy atom. The second-order valence-corrected chi connectivity index (χ2v) is 10.3. The average molecular weight is 489 g/mol. The fourth-order valence-electron chi connectivity index (χ4n) is 3.54. The molecule has 0 unspecified atom stereocenters. The van der Waals surface area contributed by atoms with E-state index in [1.165, 1.54) is 11.8 Å². The highest BCUT2D eigenvalue weighted by Gasteiger charge is 2.25. The average Bonchev–Trinajstić information content (AvgIpc) is 3.11. The number of amides is 1. The number of ether oxygens (including phenoxy) is 1. The lowest BCUT2D eigenvalue weighted by Gasteiger charge is -2.22. The van der Waals surface area contributed by atoms with Crippen molar-refractivity contribution in [2.45, 2.75) is 35.2 Å². The Labute approximate surface area is 201 Å². The molecular formula is C23H25ClN4O2S2. The molecule has 0 saturated heterocycles. The summed E-state index contributed by atoms with van der Waals surface area (Å²) in [6, 6.07) is 15.6. The molecule has 0 radical (unpaired) electrons. The summed E-state index contributed by atoms with van der Waals surface area (Å²) in [7, 11) is 1.67. The summed E-state index contributed by atoms with van der Waals surface area (Å²) in [6.45, 7) is 4.05. The van der Waals surface area contributed by atoms with Crippen LogP contribution < -0.4 is 4.90 Å². The molecule has 3 aromatic rings. The van der Waals surface area contributed by atoms with Crippen LogP contribution in [0.1, 0.15) is 13.3 Å². The van der Waals surface area contributed by atoms with E-state index in [0.29, 0.717) is 34.3 Å². The molecule has 2 heterocycles. The minimum absolute atomic E-state index is 0.0754. The number of carbonyl (C=O) groups excluding carboxylic acids is 1. The van der Waals surface area contributed by atoms with Crippen molar-refractivity contribution in [3.63, 3.8) is 0 Å². The molecule has 168 valence electrons. The molecule has 0 aliphatic carbocycles. The fourth-order valence-corrected chi connectivity index (χ4v) is 5.62. The first-order chi connectivity index (χ1) is 15.6. The monoisotopic (exact) mass is 488 g/mol. The van der Waals surface area contributed by atoms with Crippen molar-refractivity contribution >= 4 is 46.7 Å². The number of aromatic nitrogens is 3. The lowest BCUT2D eigenvalue weighted by Crippen LogP contribution is -2.33. The number of anilines is 1. The predicted molar refractivity (Wildman–Crippen MR) is 132 cm³/mol. The van der Waals surface area contributed by atoms with Gasteiger partial charge >= 0.3 is 0 Å². The largest absolute Gasteiger partial charge is 0.383 e. The molecule has 9 heteroatoms. The van der Waals surface area contributed by atoms with E-state index in [1.54, 1.807) is 7.11 Å². The van der Waals surface area contributed by atoms with Gasteiger partial charge in [0.1, 0.15) is 0 Å². The number of rotatable bonds is 7. The van der Waals surface area contributed by atoms with Gasteiger partial charge in [-0.15, -0.1) is 22.0 Å². The number of para-hydroxylation sites is 1. The van der Waals surface area contributed by atoms with Crippen LogP contribution in [0.3, 0.4) is 0 Å². The van der Waals surface area contributed by atoms with Crippen LogP contribution in [0.15, 0.2) is 58.6 Å². The predicted octanol–water partition coefficient (Wildman–Crippen LogP) is 5.25. The maximum absolute atomic E-state index is 13.2. The Balaban J connectivity index is 1.53. The van der Waals surface area contributed by atoms with Crippen molar-refractivity contribution in [3.05, 3.63) is 53.6 Å². The lowest BCUT2D eigenvalue weighted by atomic mass is 10.2. The zero-order valence-electron chi connectivity index (χ0n) is 18.0. The van der Waals surface area contributed by atoms with E-state index < -0.39 is 0 Å². The second-order valence-electron chi connectivity index (χ2n) is 7.48. The molecule has 0 fully saturated rings. The van der Waals surface area contributed by atoms with Gasteiger partial charge in [-0.1, -0.05) is 42.4 Å². The molecule has 4 rings (SSSR count). The zero-order valence-corrected chi connectivity index (χ0v) is 20.4. The molecule has 0 saturated carbocycles. The van der Waals surface area contributed by atoms with Crippen molar-refractivity contribution in [1.29, 1.82) is 0 Å². The molecule has 0 spiro atoms. The highest BCUT2D eigenvalue weighted by atomic mass is 35.5. The van der Waals surface area contributed by atoms with Gasteiger partial charge in [-0.2, -0.15) is 0 Å². The number of thioether (sulfide) groups is 2. The molecule has 1 aliphatic heterocycles. The number of hydrogen-bond acceptors (Lipinski definition) is 6. The summed E-state index contributed by atoms with van der Waals surface area (Å²) in [6.07, 6.45) is 0.959. The van der Waals surface area contributed by atoms with E-state index in [0.717, 1.165) is 34.9 Å². The number of carbonyl (C=O) groups is 1. The molecule has 0 bridgehead atoms. The molecular weight excluding hydrogens is 464 g/mol.